The lowest BCUT2D eigenvalue weighted by molar-refractivity contribution is -0.130. The summed E-state index contributed by atoms with van der Waals surface area (Å²) in [7, 11) is 0. The van der Waals surface area contributed by atoms with Crippen LogP contribution in [0.15, 0.2) is 24.3 Å². The molecular weight excluding hydrogens is 332 g/mol. The fourth-order valence-electron chi connectivity index (χ4n) is 2.84. The molecule has 1 atom stereocenters. The van der Waals surface area contributed by atoms with Crippen LogP contribution < -0.4 is 15.8 Å². The van der Waals surface area contributed by atoms with Gasteiger partial charge in [0.1, 0.15) is 0 Å². The van der Waals surface area contributed by atoms with Crippen LogP contribution in [0, 0.1) is 0 Å². The molecule has 2 heterocycles. The van der Waals surface area contributed by atoms with E-state index in [-0.39, 0.29) is 49.0 Å². The molecule has 2 saturated heterocycles. The Balaban J connectivity index is 0.00000208. The average Bonchev–Trinajstić information content (AvgIpc) is 2.56. The van der Waals surface area contributed by atoms with Crippen molar-refractivity contribution in [1.29, 1.82) is 0 Å². The molecule has 3 rings (SSSR count). The van der Waals surface area contributed by atoms with Crippen molar-refractivity contribution in [3.63, 3.8) is 0 Å². The van der Waals surface area contributed by atoms with Crippen LogP contribution in [0.1, 0.15) is 30.1 Å². The van der Waals surface area contributed by atoms with Gasteiger partial charge in [0, 0.05) is 44.1 Å². The van der Waals surface area contributed by atoms with Crippen molar-refractivity contribution >= 4 is 35.8 Å². The zero-order valence-corrected chi connectivity index (χ0v) is 14.3. The van der Waals surface area contributed by atoms with E-state index in [9.17, 15) is 14.4 Å². The molecule has 0 aromatic heterocycles. The largest absolute Gasteiger partial charge is 0.336 e. The number of piperazine rings is 1. The van der Waals surface area contributed by atoms with E-state index in [1.54, 1.807) is 24.3 Å². The molecule has 2 N–H and O–H groups in total. The predicted molar refractivity (Wildman–Crippen MR) is 91.9 cm³/mol. The summed E-state index contributed by atoms with van der Waals surface area (Å²) in [4.78, 5) is 37.6. The summed E-state index contributed by atoms with van der Waals surface area (Å²) < 4.78 is 0. The molecule has 2 fully saturated rings. The summed E-state index contributed by atoms with van der Waals surface area (Å²) in [5.74, 6) is -0.349. The maximum absolute atomic E-state index is 12.5. The molecule has 0 radical (unpaired) electrons. The fraction of sp³-hybridized carbons (Fsp3) is 0.438. The predicted octanol–water partition coefficient (Wildman–Crippen LogP) is 0.700. The van der Waals surface area contributed by atoms with E-state index in [4.69, 9.17) is 0 Å². The van der Waals surface area contributed by atoms with E-state index in [0.29, 0.717) is 24.3 Å². The third-order valence-electron chi connectivity index (χ3n) is 4.08. The van der Waals surface area contributed by atoms with Gasteiger partial charge in [0.2, 0.25) is 11.8 Å². The van der Waals surface area contributed by atoms with E-state index in [0.717, 1.165) is 6.54 Å². The Morgan fingerprint density at radius 1 is 1.17 bits per heavy atom. The van der Waals surface area contributed by atoms with Crippen LogP contribution in [0.2, 0.25) is 0 Å². The Morgan fingerprint density at radius 2 is 1.88 bits per heavy atom. The molecule has 24 heavy (non-hydrogen) atoms. The molecule has 1 unspecified atom stereocenters. The number of hydrazine groups is 1. The lowest BCUT2D eigenvalue weighted by atomic mass is 10.1. The van der Waals surface area contributed by atoms with Gasteiger partial charge in [-0.3, -0.25) is 19.8 Å². The van der Waals surface area contributed by atoms with Gasteiger partial charge in [0.25, 0.3) is 5.91 Å². The van der Waals surface area contributed by atoms with Crippen LogP contribution in [-0.4, -0.2) is 48.3 Å². The Labute approximate surface area is 146 Å². The van der Waals surface area contributed by atoms with Gasteiger partial charge in [0.15, 0.2) is 0 Å². The highest BCUT2D eigenvalue weighted by molar-refractivity contribution is 6.01. The van der Waals surface area contributed by atoms with Crippen molar-refractivity contribution < 1.29 is 14.4 Å². The first kappa shape index (κ1) is 18.2. The summed E-state index contributed by atoms with van der Waals surface area (Å²) in [6, 6.07) is 7.04. The normalized spacial score (nSPS) is 21.1. The maximum Gasteiger partial charge on any atom is 0.253 e. The molecule has 1 aromatic rings. The van der Waals surface area contributed by atoms with E-state index < -0.39 is 0 Å². The minimum absolute atomic E-state index is 0. The van der Waals surface area contributed by atoms with Gasteiger partial charge in [0.05, 0.1) is 5.69 Å². The number of benzene rings is 1. The molecule has 7 nitrogen and oxygen atoms in total. The number of carbonyl (C=O) groups is 3. The lowest BCUT2D eigenvalue weighted by Crippen LogP contribution is -2.51. The first-order chi connectivity index (χ1) is 11.0. The average molecular weight is 353 g/mol. The second kappa shape index (κ2) is 7.63. The number of hydrogen-bond acceptors (Lipinski definition) is 4. The summed E-state index contributed by atoms with van der Waals surface area (Å²) in [6.07, 6.45) is 0.415. The third-order valence-corrected chi connectivity index (χ3v) is 4.08. The molecule has 130 valence electrons. The molecule has 2 aliphatic heterocycles. The van der Waals surface area contributed by atoms with Crippen molar-refractivity contribution in [2.75, 3.05) is 24.6 Å². The van der Waals surface area contributed by atoms with Gasteiger partial charge in [-0.15, -0.1) is 12.4 Å². The number of amides is 3. The number of rotatable bonds is 2. The standard InChI is InChI=1S/C16H20N4O3.ClH/c1-11-10-19(9-8-17-11)16(23)12-2-4-13(5-3-12)20-15(22)7-6-14(21)18-20;/h2-5,11,17H,6-10H2,1H3,(H,18,21);1H. The minimum atomic E-state index is -0.181. The molecule has 1 aromatic carbocycles. The zero-order chi connectivity index (χ0) is 16.4. The molecule has 3 amide bonds. The highest BCUT2D eigenvalue weighted by atomic mass is 35.5. The molecule has 0 aliphatic carbocycles. The van der Waals surface area contributed by atoms with Gasteiger partial charge in [-0.1, -0.05) is 0 Å². The van der Waals surface area contributed by atoms with Crippen LogP contribution >= 0.6 is 12.4 Å². The summed E-state index contributed by atoms with van der Waals surface area (Å²) in [6.45, 7) is 4.21. The van der Waals surface area contributed by atoms with Gasteiger partial charge in [-0.25, -0.2) is 5.01 Å². The van der Waals surface area contributed by atoms with Crippen LogP contribution in [-0.2, 0) is 9.59 Å². The highest BCUT2D eigenvalue weighted by Crippen LogP contribution is 2.18. The minimum Gasteiger partial charge on any atom is -0.336 e. The smallest absolute Gasteiger partial charge is 0.253 e. The number of hydrogen-bond donors (Lipinski definition) is 2. The maximum atomic E-state index is 12.5. The van der Waals surface area contributed by atoms with Crippen molar-refractivity contribution in [1.82, 2.24) is 15.6 Å². The van der Waals surface area contributed by atoms with E-state index in [2.05, 4.69) is 10.7 Å². The third kappa shape index (κ3) is 3.85. The van der Waals surface area contributed by atoms with Crippen molar-refractivity contribution in [3.05, 3.63) is 29.8 Å². The highest BCUT2D eigenvalue weighted by Gasteiger charge is 2.25. The second-order valence-electron chi connectivity index (χ2n) is 5.92. The zero-order valence-electron chi connectivity index (χ0n) is 13.4. The van der Waals surface area contributed by atoms with E-state index >= 15 is 0 Å². The van der Waals surface area contributed by atoms with Crippen LogP contribution in [0.25, 0.3) is 0 Å². The van der Waals surface area contributed by atoms with Gasteiger partial charge < -0.3 is 10.2 Å². The van der Waals surface area contributed by atoms with Crippen molar-refractivity contribution in [3.8, 4) is 0 Å². The SMILES string of the molecule is CC1CN(C(=O)c2ccc(N3NC(=O)CCC3=O)cc2)CCN1.Cl. The Kier molecular flexibility index (Phi) is 5.80. The summed E-state index contributed by atoms with van der Waals surface area (Å²) >= 11 is 0. The van der Waals surface area contributed by atoms with Gasteiger partial charge in [-0.2, -0.15) is 0 Å². The van der Waals surface area contributed by atoms with E-state index in [1.807, 2.05) is 11.8 Å². The van der Waals surface area contributed by atoms with Crippen molar-refractivity contribution in [2.24, 2.45) is 0 Å². The first-order valence-electron chi connectivity index (χ1n) is 7.80. The number of nitrogens with zero attached hydrogens (tertiary/aromatic N) is 2. The van der Waals surface area contributed by atoms with Crippen molar-refractivity contribution in [2.45, 2.75) is 25.8 Å². The first-order valence-corrected chi connectivity index (χ1v) is 7.80. The Morgan fingerprint density at radius 3 is 2.54 bits per heavy atom. The molecule has 8 heteroatoms. The number of anilines is 1. The van der Waals surface area contributed by atoms with Crippen LogP contribution in [0.5, 0.6) is 0 Å². The number of halogens is 1. The molecule has 0 spiro atoms. The van der Waals surface area contributed by atoms with Crippen LogP contribution in [0.3, 0.4) is 0 Å². The molecule has 0 saturated carbocycles. The van der Waals surface area contributed by atoms with E-state index in [1.165, 1.54) is 5.01 Å². The molecule has 0 bridgehead atoms. The monoisotopic (exact) mass is 352 g/mol. The topological polar surface area (TPSA) is 81.8 Å². The van der Waals surface area contributed by atoms with Gasteiger partial charge >= 0.3 is 0 Å². The number of nitrogens with one attached hydrogen (secondary N) is 2. The fourth-order valence-corrected chi connectivity index (χ4v) is 2.84. The van der Waals surface area contributed by atoms with Crippen LogP contribution in [0.4, 0.5) is 5.69 Å². The Bertz CT molecular complexity index is 635. The molecular formula is C16H21ClN4O3. The second-order valence-corrected chi connectivity index (χ2v) is 5.92. The Hall–Kier alpha value is -2.12. The summed E-state index contributed by atoms with van der Waals surface area (Å²) in [5.41, 5.74) is 3.69. The molecule has 2 aliphatic rings. The van der Waals surface area contributed by atoms with Gasteiger partial charge in [-0.05, 0) is 31.2 Å². The quantitative estimate of drug-likeness (QED) is 0.821. The summed E-state index contributed by atoms with van der Waals surface area (Å²) in [5, 5.41) is 4.54. The number of carbonyl (C=O) groups excluding carboxylic acids is 3. The lowest BCUT2D eigenvalue weighted by Gasteiger charge is -2.32.